The summed E-state index contributed by atoms with van der Waals surface area (Å²) in [4.78, 5) is 16.1. The molecule has 7 heteroatoms. The summed E-state index contributed by atoms with van der Waals surface area (Å²) in [5.74, 6) is 0.263. The smallest absolute Gasteiger partial charge is 0.292 e. The van der Waals surface area contributed by atoms with Crippen molar-refractivity contribution in [2.24, 2.45) is 7.05 Å². The Balaban J connectivity index is 1.59. The van der Waals surface area contributed by atoms with Gasteiger partial charge in [-0.25, -0.2) is 0 Å². The molecule has 1 fully saturated rings. The molecule has 3 rings (SSSR count). The monoisotopic (exact) mass is 275 g/mol. The molecule has 0 aliphatic carbocycles. The molecule has 1 unspecified atom stereocenters. The molecule has 0 radical (unpaired) electrons. The lowest BCUT2D eigenvalue weighted by Crippen LogP contribution is -2.24. The third-order valence-electron chi connectivity index (χ3n) is 3.35. The fourth-order valence-corrected chi connectivity index (χ4v) is 2.29. The van der Waals surface area contributed by atoms with Gasteiger partial charge < -0.3 is 19.7 Å². The highest BCUT2D eigenvalue weighted by molar-refractivity contribution is 5.90. The molecule has 1 aliphatic heterocycles. The first-order chi connectivity index (χ1) is 9.72. The topological polar surface area (TPSA) is 85.0 Å². The van der Waals surface area contributed by atoms with Crippen LogP contribution in [-0.2, 0) is 13.6 Å². The summed E-state index contributed by atoms with van der Waals surface area (Å²) in [6, 6.07) is 2.03. The molecule has 2 aromatic heterocycles. The maximum atomic E-state index is 11.9. The minimum absolute atomic E-state index is 0.0816. The van der Waals surface area contributed by atoms with Crippen molar-refractivity contribution in [2.45, 2.75) is 25.4 Å². The highest BCUT2D eigenvalue weighted by atomic mass is 16.5. The van der Waals surface area contributed by atoms with Gasteiger partial charge in [0, 0.05) is 26.0 Å². The van der Waals surface area contributed by atoms with Gasteiger partial charge in [0.15, 0.2) is 0 Å². The van der Waals surface area contributed by atoms with E-state index in [4.69, 9.17) is 4.52 Å². The van der Waals surface area contributed by atoms with Crippen LogP contribution in [0.15, 0.2) is 23.0 Å². The molecule has 2 N–H and O–H groups in total. The van der Waals surface area contributed by atoms with Crippen molar-refractivity contribution in [3.8, 4) is 0 Å². The second-order valence-corrected chi connectivity index (χ2v) is 4.97. The van der Waals surface area contributed by atoms with Gasteiger partial charge >= 0.3 is 0 Å². The van der Waals surface area contributed by atoms with Crippen molar-refractivity contribution in [3.63, 3.8) is 0 Å². The maximum absolute atomic E-state index is 11.9. The zero-order valence-corrected chi connectivity index (χ0v) is 11.3. The van der Waals surface area contributed by atoms with Gasteiger partial charge in [0.2, 0.25) is 5.89 Å². The molecule has 2 aromatic rings. The minimum Gasteiger partial charge on any atom is -0.357 e. The van der Waals surface area contributed by atoms with Gasteiger partial charge in [-0.2, -0.15) is 4.98 Å². The van der Waals surface area contributed by atoms with Crippen LogP contribution in [0.1, 0.15) is 41.0 Å². The first kappa shape index (κ1) is 12.9. The summed E-state index contributed by atoms with van der Waals surface area (Å²) in [5.41, 5.74) is 1.03. The number of nitrogens with zero attached hydrogens (tertiary/aromatic N) is 3. The quantitative estimate of drug-likeness (QED) is 0.860. The molecule has 0 bridgehead atoms. The third kappa shape index (κ3) is 2.72. The van der Waals surface area contributed by atoms with E-state index in [-0.39, 0.29) is 17.8 Å². The maximum Gasteiger partial charge on any atom is 0.292 e. The zero-order chi connectivity index (χ0) is 13.9. The first-order valence-corrected chi connectivity index (χ1v) is 6.68. The van der Waals surface area contributed by atoms with Gasteiger partial charge in [0.1, 0.15) is 0 Å². The van der Waals surface area contributed by atoms with Crippen molar-refractivity contribution in [2.75, 3.05) is 6.54 Å². The molecular formula is C13H17N5O2. The lowest BCUT2D eigenvalue weighted by molar-refractivity contribution is 0.0937. The Bertz CT molecular complexity index is 597. The molecule has 1 atom stereocenters. The highest BCUT2D eigenvalue weighted by Crippen LogP contribution is 2.20. The number of hydrogen-bond donors (Lipinski definition) is 2. The van der Waals surface area contributed by atoms with Crippen LogP contribution in [0.3, 0.4) is 0 Å². The summed E-state index contributed by atoms with van der Waals surface area (Å²) in [5, 5.41) is 9.76. The number of aryl methyl sites for hydroxylation is 1. The highest BCUT2D eigenvalue weighted by Gasteiger charge is 2.24. The molecule has 106 valence electrons. The molecule has 0 saturated carbocycles. The Hall–Kier alpha value is -2.15. The fourth-order valence-electron chi connectivity index (χ4n) is 2.29. The molecule has 1 aliphatic rings. The third-order valence-corrected chi connectivity index (χ3v) is 3.35. The van der Waals surface area contributed by atoms with Crippen LogP contribution in [0.5, 0.6) is 0 Å². The summed E-state index contributed by atoms with van der Waals surface area (Å²) < 4.78 is 7.07. The van der Waals surface area contributed by atoms with Crippen LogP contribution in [0.2, 0.25) is 0 Å². The Morgan fingerprint density at radius 2 is 2.55 bits per heavy atom. The average molecular weight is 275 g/mol. The Morgan fingerprint density at radius 1 is 1.65 bits per heavy atom. The van der Waals surface area contributed by atoms with Gasteiger partial charge in [-0.3, -0.25) is 4.79 Å². The Morgan fingerprint density at radius 3 is 3.25 bits per heavy atom. The summed E-state index contributed by atoms with van der Waals surface area (Å²) in [6.45, 7) is 1.40. The van der Waals surface area contributed by atoms with Crippen molar-refractivity contribution < 1.29 is 9.32 Å². The van der Waals surface area contributed by atoms with E-state index in [2.05, 4.69) is 20.8 Å². The van der Waals surface area contributed by atoms with Gasteiger partial charge in [0.05, 0.1) is 6.04 Å². The molecule has 0 aromatic carbocycles. The lowest BCUT2D eigenvalue weighted by Gasteiger charge is -2.01. The number of carbonyl (C=O) groups is 1. The van der Waals surface area contributed by atoms with Crippen LogP contribution in [0.25, 0.3) is 0 Å². The predicted octanol–water partition coefficient (Wildman–Crippen LogP) is 0.763. The molecule has 7 nitrogen and oxygen atoms in total. The normalized spacial score (nSPS) is 18.4. The van der Waals surface area contributed by atoms with E-state index >= 15 is 0 Å². The van der Waals surface area contributed by atoms with Crippen LogP contribution < -0.4 is 10.6 Å². The minimum atomic E-state index is -0.318. The van der Waals surface area contributed by atoms with E-state index in [9.17, 15) is 4.79 Å². The largest absolute Gasteiger partial charge is 0.357 e. The summed E-state index contributed by atoms with van der Waals surface area (Å²) >= 11 is 0. The second kappa shape index (κ2) is 5.46. The van der Waals surface area contributed by atoms with E-state index in [0.29, 0.717) is 12.4 Å². The molecule has 20 heavy (non-hydrogen) atoms. The van der Waals surface area contributed by atoms with Gasteiger partial charge in [-0.15, -0.1) is 0 Å². The molecule has 1 saturated heterocycles. The lowest BCUT2D eigenvalue weighted by atomic mass is 10.2. The van der Waals surface area contributed by atoms with Crippen molar-refractivity contribution in [3.05, 3.63) is 35.7 Å². The van der Waals surface area contributed by atoms with Crippen molar-refractivity contribution in [1.82, 2.24) is 25.3 Å². The molecule has 1 amide bonds. The van der Waals surface area contributed by atoms with Crippen LogP contribution in [0.4, 0.5) is 0 Å². The van der Waals surface area contributed by atoms with E-state index in [1.165, 1.54) is 0 Å². The number of amides is 1. The van der Waals surface area contributed by atoms with Crippen molar-refractivity contribution >= 4 is 5.91 Å². The predicted molar refractivity (Wildman–Crippen MR) is 70.9 cm³/mol. The SMILES string of the molecule is Cn1ccc(CNC(=O)c2noc(C3CCCN3)n2)c1. The van der Waals surface area contributed by atoms with Crippen molar-refractivity contribution in [1.29, 1.82) is 0 Å². The first-order valence-electron chi connectivity index (χ1n) is 6.68. The molecule has 3 heterocycles. The van der Waals surface area contributed by atoms with Gasteiger partial charge in [-0.05, 0) is 31.0 Å². The number of carbonyl (C=O) groups excluding carboxylic acids is 1. The Kier molecular flexibility index (Phi) is 3.51. The summed E-state index contributed by atoms with van der Waals surface area (Å²) in [6.07, 6.45) is 5.93. The second-order valence-electron chi connectivity index (χ2n) is 4.97. The van der Waals surface area contributed by atoms with E-state index in [1.54, 1.807) is 0 Å². The van der Waals surface area contributed by atoms with Crippen LogP contribution in [0, 0.1) is 0 Å². The molecular weight excluding hydrogens is 258 g/mol. The summed E-state index contributed by atoms with van der Waals surface area (Å²) in [7, 11) is 1.94. The number of nitrogens with one attached hydrogen (secondary N) is 2. The number of hydrogen-bond acceptors (Lipinski definition) is 5. The Labute approximate surface area is 116 Å². The van der Waals surface area contributed by atoms with Crippen LogP contribution >= 0.6 is 0 Å². The van der Waals surface area contributed by atoms with E-state index in [0.717, 1.165) is 24.9 Å². The number of aromatic nitrogens is 3. The molecule has 0 spiro atoms. The fraction of sp³-hybridized carbons (Fsp3) is 0.462. The van der Waals surface area contributed by atoms with Gasteiger partial charge in [-0.1, -0.05) is 5.16 Å². The van der Waals surface area contributed by atoms with Crippen LogP contribution in [-0.4, -0.2) is 27.2 Å². The van der Waals surface area contributed by atoms with E-state index in [1.807, 2.05) is 30.1 Å². The average Bonchev–Trinajstić information content (AvgIpc) is 3.16. The number of rotatable bonds is 4. The van der Waals surface area contributed by atoms with Gasteiger partial charge in [0.25, 0.3) is 11.7 Å². The zero-order valence-electron chi connectivity index (χ0n) is 11.3. The van der Waals surface area contributed by atoms with E-state index < -0.39 is 0 Å². The standard InChI is InChI=1S/C13H17N5O2/c1-18-6-4-9(8-18)7-15-12(19)11-16-13(20-17-11)10-3-2-5-14-10/h4,6,8,10,14H,2-3,5,7H2,1H3,(H,15,19).